The molecular formula is C10H10F3N5O. The van der Waals surface area contributed by atoms with Gasteiger partial charge in [-0.2, -0.15) is 15.4 Å². The number of rotatable bonds is 4. The number of hydrogen-bond acceptors (Lipinski definition) is 5. The molecule has 0 aliphatic carbocycles. The van der Waals surface area contributed by atoms with Crippen LogP contribution in [0.25, 0.3) is 0 Å². The fraction of sp³-hybridized carbons (Fsp3) is 0.200. The summed E-state index contributed by atoms with van der Waals surface area (Å²) < 4.78 is 40.9. The fourth-order valence-corrected chi connectivity index (χ4v) is 1.62. The molecule has 0 bridgehead atoms. The summed E-state index contributed by atoms with van der Waals surface area (Å²) in [6.45, 7) is 0. The van der Waals surface area contributed by atoms with Crippen molar-refractivity contribution in [2.24, 2.45) is 5.84 Å². The van der Waals surface area contributed by atoms with Crippen molar-refractivity contribution in [3.63, 3.8) is 0 Å². The number of hydrogen-bond donors (Lipinski definition) is 3. The molecule has 0 saturated heterocycles. The highest BCUT2D eigenvalue weighted by Gasteiger charge is 2.33. The zero-order valence-electron chi connectivity index (χ0n) is 9.48. The molecule has 9 heteroatoms. The fourth-order valence-electron chi connectivity index (χ4n) is 1.62. The number of nitrogens with two attached hydrogens (primary N) is 1. The van der Waals surface area contributed by atoms with Crippen molar-refractivity contribution in [1.29, 1.82) is 0 Å². The molecule has 0 saturated carbocycles. The van der Waals surface area contributed by atoms with Crippen LogP contribution < -0.4 is 16.0 Å². The Morgan fingerprint density at radius 1 is 1.32 bits per heavy atom. The van der Waals surface area contributed by atoms with Crippen LogP contribution in [-0.4, -0.2) is 21.8 Å². The molecule has 0 amide bonds. The summed E-state index contributed by atoms with van der Waals surface area (Å²) in [5.41, 5.74) is 2.93. The maximum atomic E-state index is 12.3. The Morgan fingerprint density at radius 2 is 2.05 bits per heavy atom. The van der Waals surface area contributed by atoms with Crippen LogP contribution in [0.3, 0.4) is 0 Å². The minimum atomic E-state index is -4.78. The number of H-pyrrole nitrogens is 1. The average Bonchev–Trinajstić information content (AvgIpc) is 2.84. The number of para-hydroxylation sites is 1. The van der Waals surface area contributed by atoms with Crippen molar-refractivity contribution >= 4 is 0 Å². The highest BCUT2D eigenvalue weighted by Crippen LogP contribution is 2.32. The Bertz CT molecular complexity index is 528. The van der Waals surface area contributed by atoms with Gasteiger partial charge in [0.2, 0.25) is 0 Å². The van der Waals surface area contributed by atoms with Crippen molar-refractivity contribution in [1.82, 2.24) is 20.8 Å². The molecule has 6 nitrogen and oxygen atoms in total. The summed E-state index contributed by atoms with van der Waals surface area (Å²) in [6, 6.07) is 4.90. The molecule has 0 aliphatic heterocycles. The molecule has 19 heavy (non-hydrogen) atoms. The van der Waals surface area contributed by atoms with Crippen LogP contribution in [0.5, 0.6) is 5.75 Å². The Balaban J connectivity index is 2.38. The molecule has 4 N–H and O–H groups in total. The molecule has 1 unspecified atom stereocenters. The van der Waals surface area contributed by atoms with E-state index in [0.717, 1.165) is 0 Å². The summed E-state index contributed by atoms with van der Waals surface area (Å²) in [6.07, 6.45) is -3.42. The summed E-state index contributed by atoms with van der Waals surface area (Å²) in [5.74, 6) is 5.01. The van der Waals surface area contributed by atoms with Gasteiger partial charge in [-0.25, -0.2) is 5.43 Å². The Labute approximate surface area is 105 Å². The Hall–Kier alpha value is -2.13. The van der Waals surface area contributed by atoms with Gasteiger partial charge in [0.25, 0.3) is 0 Å². The van der Waals surface area contributed by atoms with Gasteiger partial charge in [-0.1, -0.05) is 18.2 Å². The lowest BCUT2D eigenvalue weighted by Crippen LogP contribution is -2.30. The number of halogens is 3. The highest BCUT2D eigenvalue weighted by molar-refractivity contribution is 5.39. The standard InChI is InChI=1S/C10H10F3N5O/c11-10(12,13)19-8-4-2-1-3-6(8)9(16-14)7-5-15-18-17-7/h1-5,9,16H,14H2,(H,15,17,18). The molecule has 1 heterocycles. The van der Waals surface area contributed by atoms with Gasteiger partial charge in [-0.15, -0.1) is 13.2 Å². The van der Waals surface area contributed by atoms with Crippen LogP contribution >= 0.6 is 0 Å². The van der Waals surface area contributed by atoms with Gasteiger partial charge >= 0.3 is 6.36 Å². The van der Waals surface area contributed by atoms with E-state index < -0.39 is 12.4 Å². The van der Waals surface area contributed by atoms with Crippen LogP contribution in [0.4, 0.5) is 13.2 Å². The van der Waals surface area contributed by atoms with E-state index in [1.165, 1.54) is 24.4 Å². The van der Waals surface area contributed by atoms with Gasteiger partial charge in [0, 0.05) is 5.56 Å². The lowest BCUT2D eigenvalue weighted by molar-refractivity contribution is -0.275. The predicted molar refractivity (Wildman–Crippen MR) is 58.7 cm³/mol. The number of hydrazine groups is 1. The first-order chi connectivity index (χ1) is 9.01. The first-order valence-corrected chi connectivity index (χ1v) is 5.17. The van der Waals surface area contributed by atoms with Crippen molar-refractivity contribution in [3.05, 3.63) is 41.7 Å². The maximum absolute atomic E-state index is 12.3. The van der Waals surface area contributed by atoms with E-state index in [-0.39, 0.29) is 11.3 Å². The second-order valence-corrected chi connectivity index (χ2v) is 3.58. The van der Waals surface area contributed by atoms with E-state index >= 15 is 0 Å². The lowest BCUT2D eigenvalue weighted by Gasteiger charge is -2.18. The third-order valence-corrected chi connectivity index (χ3v) is 2.35. The minimum absolute atomic E-state index is 0.205. The summed E-state index contributed by atoms with van der Waals surface area (Å²) in [4.78, 5) is 0. The second-order valence-electron chi connectivity index (χ2n) is 3.58. The monoisotopic (exact) mass is 273 g/mol. The molecule has 1 aromatic carbocycles. The minimum Gasteiger partial charge on any atom is -0.405 e. The van der Waals surface area contributed by atoms with E-state index in [9.17, 15) is 13.2 Å². The second kappa shape index (κ2) is 5.24. The lowest BCUT2D eigenvalue weighted by atomic mass is 10.0. The van der Waals surface area contributed by atoms with Gasteiger partial charge in [-0.3, -0.25) is 5.84 Å². The number of ether oxygens (including phenoxy) is 1. The SMILES string of the molecule is NNC(c1cn[nH]n1)c1ccccc1OC(F)(F)F. The number of nitrogens with zero attached hydrogens (tertiary/aromatic N) is 2. The first kappa shape index (κ1) is 13.3. The summed E-state index contributed by atoms with van der Waals surface area (Å²) in [5, 5.41) is 9.74. The normalized spacial score (nSPS) is 13.3. The van der Waals surface area contributed by atoms with Crippen LogP contribution in [0.15, 0.2) is 30.5 Å². The van der Waals surface area contributed by atoms with Crippen LogP contribution in [0, 0.1) is 0 Å². The van der Waals surface area contributed by atoms with E-state index in [4.69, 9.17) is 5.84 Å². The average molecular weight is 273 g/mol. The van der Waals surface area contributed by atoms with E-state index in [1.807, 2.05) is 0 Å². The van der Waals surface area contributed by atoms with E-state index in [1.54, 1.807) is 6.07 Å². The molecule has 0 spiro atoms. The van der Waals surface area contributed by atoms with Gasteiger partial charge in [0.05, 0.1) is 12.2 Å². The highest BCUT2D eigenvalue weighted by atomic mass is 19.4. The zero-order valence-corrected chi connectivity index (χ0v) is 9.48. The molecule has 2 rings (SSSR count). The van der Waals surface area contributed by atoms with Gasteiger partial charge < -0.3 is 4.74 Å². The molecule has 1 aromatic heterocycles. The number of alkyl halides is 3. The molecule has 1 atom stereocenters. The summed E-state index contributed by atoms with van der Waals surface area (Å²) in [7, 11) is 0. The largest absolute Gasteiger partial charge is 0.573 e. The maximum Gasteiger partial charge on any atom is 0.573 e. The van der Waals surface area contributed by atoms with Crippen LogP contribution in [0.1, 0.15) is 17.3 Å². The molecule has 2 aromatic rings. The number of aromatic amines is 1. The van der Waals surface area contributed by atoms with E-state index in [0.29, 0.717) is 5.69 Å². The number of benzene rings is 1. The van der Waals surface area contributed by atoms with Gasteiger partial charge in [0.1, 0.15) is 11.4 Å². The van der Waals surface area contributed by atoms with Crippen molar-refractivity contribution < 1.29 is 17.9 Å². The number of aromatic nitrogens is 3. The molecule has 0 fully saturated rings. The molecule has 0 radical (unpaired) electrons. The molecular weight excluding hydrogens is 263 g/mol. The third-order valence-electron chi connectivity index (χ3n) is 2.35. The van der Waals surface area contributed by atoms with Crippen molar-refractivity contribution in [2.75, 3.05) is 0 Å². The topological polar surface area (TPSA) is 88.8 Å². The quantitative estimate of drug-likeness (QED) is 0.576. The van der Waals surface area contributed by atoms with Crippen LogP contribution in [-0.2, 0) is 0 Å². The Morgan fingerprint density at radius 3 is 2.63 bits per heavy atom. The first-order valence-electron chi connectivity index (χ1n) is 5.17. The predicted octanol–water partition coefficient (Wildman–Crippen LogP) is 1.26. The summed E-state index contributed by atoms with van der Waals surface area (Å²) >= 11 is 0. The van der Waals surface area contributed by atoms with Crippen LogP contribution in [0.2, 0.25) is 0 Å². The zero-order chi connectivity index (χ0) is 13.9. The third kappa shape index (κ3) is 3.20. The Kier molecular flexibility index (Phi) is 3.67. The molecule has 102 valence electrons. The van der Waals surface area contributed by atoms with Gasteiger partial charge in [-0.05, 0) is 6.07 Å². The molecule has 0 aliphatic rings. The van der Waals surface area contributed by atoms with E-state index in [2.05, 4.69) is 25.6 Å². The smallest absolute Gasteiger partial charge is 0.405 e. The van der Waals surface area contributed by atoms with Crippen molar-refractivity contribution in [2.45, 2.75) is 12.4 Å². The van der Waals surface area contributed by atoms with Gasteiger partial charge in [0.15, 0.2) is 0 Å². The van der Waals surface area contributed by atoms with Crippen molar-refractivity contribution in [3.8, 4) is 5.75 Å². The number of nitrogens with one attached hydrogen (secondary N) is 2.